The molecule has 0 bridgehead atoms. The lowest BCUT2D eigenvalue weighted by molar-refractivity contribution is 0.361. The largest absolute Gasteiger partial charge is 0.507 e. The predicted molar refractivity (Wildman–Crippen MR) is 103 cm³/mol. The fourth-order valence-corrected chi connectivity index (χ4v) is 3.72. The van der Waals surface area contributed by atoms with Gasteiger partial charge >= 0.3 is 0 Å². The fraction of sp³-hybridized carbons (Fsp3) is 0.227. The summed E-state index contributed by atoms with van der Waals surface area (Å²) in [5, 5.41) is 11.5. The van der Waals surface area contributed by atoms with E-state index in [4.69, 9.17) is 4.98 Å². The number of nitrogens with zero attached hydrogens (tertiary/aromatic N) is 2. The fourth-order valence-electron chi connectivity index (χ4n) is 3.72. The van der Waals surface area contributed by atoms with Crippen molar-refractivity contribution in [1.82, 2.24) is 9.88 Å². The molecule has 126 valence electrons. The first kappa shape index (κ1) is 15.9. The second-order valence-electron chi connectivity index (χ2n) is 7.01. The summed E-state index contributed by atoms with van der Waals surface area (Å²) in [4.78, 5) is 7.07. The van der Waals surface area contributed by atoms with Crippen LogP contribution in [0.1, 0.15) is 16.8 Å². The Morgan fingerprint density at radius 2 is 1.84 bits per heavy atom. The van der Waals surface area contributed by atoms with Crippen molar-refractivity contribution in [2.75, 3.05) is 20.6 Å². The standard InChI is InChI=1S/C22H22N2O/c1-24(2)14-17-12-16-11-15-7-3-5-9-20(15)23-21(16)13-19(17)18-8-4-6-10-22(18)25/h3-11,13,17,25H,12,14H2,1-2H3. The smallest absolute Gasteiger partial charge is 0.123 e. The van der Waals surface area contributed by atoms with E-state index in [0.29, 0.717) is 11.7 Å². The number of benzene rings is 2. The first-order valence-corrected chi connectivity index (χ1v) is 8.65. The maximum atomic E-state index is 10.4. The monoisotopic (exact) mass is 330 g/mol. The van der Waals surface area contributed by atoms with Crippen molar-refractivity contribution >= 4 is 22.6 Å². The first-order valence-electron chi connectivity index (χ1n) is 8.65. The van der Waals surface area contributed by atoms with Gasteiger partial charge in [0.05, 0.1) is 11.2 Å². The Hall–Kier alpha value is -2.65. The molecule has 1 aliphatic carbocycles. The molecule has 0 saturated carbocycles. The van der Waals surface area contributed by atoms with E-state index in [1.165, 1.54) is 16.5 Å². The lowest BCUT2D eigenvalue weighted by Crippen LogP contribution is -2.26. The highest BCUT2D eigenvalue weighted by atomic mass is 16.3. The zero-order valence-corrected chi connectivity index (χ0v) is 14.6. The average molecular weight is 330 g/mol. The molecule has 0 fully saturated rings. The Morgan fingerprint density at radius 1 is 1.08 bits per heavy atom. The van der Waals surface area contributed by atoms with Gasteiger partial charge in [0.25, 0.3) is 0 Å². The van der Waals surface area contributed by atoms with E-state index in [2.05, 4.69) is 49.3 Å². The number of aromatic hydroxyl groups is 1. The Kier molecular flexibility index (Phi) is 4.02. The summed E-state index contributed by atoms with van der Waals surface area (Å²) >= 11 is 0. The molecule has 0 radical (unpaired) electrons. The maximum absolute atomic E-state index is 10.4. The van der Waals surface area contributed by atoms with Crippen molar-refractivity contribution in [2.45, 2.75) is 6.42 Å². The van der Waals surface area contributed by atoms with Gasteiger partial charge in [0.15, 0.2) is 0 Å². The molecule has 0 spiro atoms. The Labute approximate surface area is 148 Å². The van der Waals surface area contributed by atoms with Gasteiger partial charge < -0.3 is 10.0 Å². The molecule has 3 aromatic rings. The first-order chi connectivity index (χ1) is 12.1. The molecule has 0 saturated heterocycles. The number of phenols is 1. The van der Waals surface area contributed by atoms with Gasteiger partial charge in [0.1, 0.15) is 5.75 Å². The van der Waals surface area contributed by atoms with E-state index in [-0.39, 0.29) is 0 Å². The Balaban J connectivity index is 1.88. The van der Waals surface area contributed by atoms with Gasteiger partial charge in [0, 0.05) is 23.4 Å². The van der Waals surface area contributed by atoms with Crippen LogP contribution in [0.3, 0.4) is 0 Å². The third-order valence-electron chi connectivity index (χ3n) is 4.84. The Bertz CT molecular complexity index is 959. The number of rotatable bonds is 3. The van der Waals surface area contributed by atoms with Crippen LogP contribution in [0.5, 0.6) is 5.75 Å². The van der Waals surface area contributed by atoms with Crippen LogP contribution in [0.2, 0.25) is 0 Å². The number of hydrogen-bond donors (Lipinski definition) is 1. The molecule has 1 heterocycles. The van der Waals surface area contributed by atoms with Gasteiger partial charge in [-0.15, -0.1) is 0 Å². The van der Waals surface area contributed by atoms with Crippen molar-refractivity contribution in [2.24, 2.45) is 5.92 Å². The normalized spacial score (nSPS) is 16.8. The lowest BCUT2D eigenvalue weighted by atomic mass is 9.81. The zero-order valence-electron chi connectivity index (χ0n) is 14.6. The highest BCUT2D eigenvalue weighted by Crippen LogP contribution is 2.38. The van der Waals surface area contributed by atoms with E-state index in [0.717, 1.165) is 29.7 Å². The van der Waals surface area contributed by atoms with E-state index in [9.17, 15) is 5.11 Å². The predicted octanol–water partition coefficient (Wildman–Crippen LogP) is 4.21. The number of pyridine rings is 1. The van der Waals surface area contributed by atoms with Gasteiger partial charge in [-0.1, -0.05) is 36.4 Å². The maximum Gasteiger partial charge on any atom is 0.123 e. The summed E-state index contributed by atoms with van der Waals surface area (Å²) in [6.45, 7) is 0.937. The molecule has 1 aromatic heterocycles. The molecular formula is C22H22N2O. The number of fused-ring (bicyclic) bond motifs is 2. The van der Waals surface area contributed by atoms with Crippen LogP contribution < -0.4 is 0 Å². The van der Waals surface area contributed by atoms with Crippen LogP contribution in [0, 0.1) is 5.92 Å². The summed E-state index contributed by atoms with van der Waals surface area (Å²) in [6.07, 6.45) is 3.10. The van der Waals surface area contributed by atoms with Gasteiger partial charge in [-0.05, 0) is 55.9 Å². The third kappa shape index (κ3) is 3.03. The van der Waals surface area contributed by atoms with Crippen LogP contribution >= 0.6 is 0 Å². The minimum absolute atomic E-state index is 0.332. The second-order valence-corrected chi connectivity index (χ2v) is 7.01. The van der Waals surface area contributed by atoms with Crippen LogP contribution in [0.25, 0.3) is 22.6 Å². The highest BCUT2D eigenvalue weighted by Gasteiger charge is 2.25. The van der Waals surface area contributed by atoms with E-state index < -0.39 is 0 Å². The summed E-state index contributed by atoms with van der Waals surface area (Å²) in [5.41, 5.74) is 5.40. The molecule has 1 unspecified atom stereocenters. The lowest BCUT2D eigenvalue weighted by Gasteiger charge is -2.29. The zero-order chi connectivity index (χ0) is 17.4. The molecule has 4 rings (SSSR count). The summed E-state index contributed by atoms with van der Waals surface area (Å²) in [6, 6.07) is 18.1. The third-order valence-corrected chi connectivity index (χ3v) is 4.84. The van der Waals surface area contributed by atoms with Crippen molar-refractivity contribution in [3.63, 3.8) is 0 Å². The van der Waals surface area contributed by atoms with E-state index in [1.807, 2.05) is 24.3 Å². The minimum atomic E-state index is 0.332. The van der Waals surface area contributed by atoms with Crippen molar-refractivity contribution in [3.8, 4) is 5.75 Å². The molecule has 1 aliphatic rings. The van der Waals surface area contributed by atoms with Crippen LogP contribution in [0.15, 0.2) is 54.6 Å². The molecule has 0 aliphatic heterocycles. The van der Waals surface area contributed by atoms with Crippen molar-refractivity contribution in [3.05, 3.63) is 71.4 Å². The minimum Gasteiger partial charge on any atom is -0.507 e. The second kappa shape index (κ2) is 6.34. The van der Waals surface area contributed by atoms with Gasteiger partial charge in [-0.3, -0.25) is 0 Å². The average Bonchev–Trinajstić information content (AvgIpc) is 2.59. The molecule has 0 amide bonds. The quantitative estimate of drug-likeness (QED) is 0.781. The van der Waals surface area contributed by atoms with E-state index in [1.54, 1.807) is 6.07 Å². The van der Waals surface area contributed by atoms with Crippen LogP contribution in [-0.4, -0.2) is 35.6 Å². The van der Waals surface area contributed by atoms with E-state index >= 15 is 0 Å². The molecule has 1 atom stereocenters. The van der Waals surface area contributed by atoms with Crippen molar-refractivity contribution < 1.29 is 5.11 Å². The molecule has 3 nitrogen and oxygen atoms in total. The Morgan fingerprint density at radius 3 is 2.64 bits per heavy atom. The SMILES string of the molecule is CN(C)CC1Cc2cc3ccccc3nc2C=C1c1ccccc1O. The molecular weight excluding hydrogens is 308 g/mol. The molecule has 25 heavy (non-hydrogen) atoms. The van der Waals surface area contributed by atoms with Gasteiger partial charge in [-0.25, -0.2) is 4.98 Å². The molecule has 3 heteroatoms. The van der Waals surface area contributed by atoms with Gasteiger partial charge in [0.2, 0.25) is 0 Å². The van der Waals surface area contributed by atoms with Crippen molar-refractivity contribution in [1.29, 1.82) is 0 Å². The molecule has 2 aromatic carbocycles. The topological polar surface area (TPSA) is 36.4 Å². The number of para-hydroxylation sites is 2. The van der Waals surface area contributed by atoms with Crippen LogP contribution in [0.4, 0.5) is 0 Å². The summed E-state index contributed by atoms with van der Waals surface area (Å²) < 4.78 is 0. The number of hydrogen-bond acceptors (Lipinski definition) is 3. The highest BCUT2D eigenvalue weighted by molar-refractivity contribution is 5.89. The number of phenolic OH excluding ortho intramolecular Hbond substituents is 1. The number of aromatic nitrogens is 1. The summed E-state index contributed by atoms with van der Waals surface area (Å²) in [7, 11) is 4.19. The van der Waals surface area contributed by atoms with Crippen LogP contribution in [-0.2, 0) is 6.42 Å². The molecule has 1 N–H and O–H groups in total. The van der Waals surface area contributed by atoms with Gasteiger partial charge in [-0.2, -0.15) is 0 Å². The summed E-state index contributed by atoms with van der Waals surface area (Å²) in [5.74, 6) is 0.667.